The van der Waals surface area contributed by atoms with Gasteiger partial charge in [0, 0.05) is 38.8 Å². The molecule has 0 bridgehead atoms. The van der Waals surface area contributed by atoms with Gasteiger partial charge in [0.1, 0.15) is 5.82 Å². The molecule has 2 aliphatic heterocycles. The summed E-state index contributed by atoms with van der Waals surface area (Å²) in [5.41, 5.74) is -0.861. The molecule has 1 amide bonds. The van der Waals surface area contributed by atoms with Gasteiger partial charge < -0.3 is 19.4 Å². The summed E-state index contributed by atoms with van der Waals surface area (Å²) >= 11 is 5.98. The van der Waals surface area contributed by atoms with E-state index in [1.807, 2.05) is 0 Å². The van der Waals surface area contributed by atoms with Crippen molar-refractivity contribution in [2.24, 2.45) is 5.16 Å². The van der Waals surface area contributed by atoms with E-state index in [1.54, 1.807) is 16.7 Å². The number of alkyl halides is 3. The Bertz CT molecular complexity index is 825. The Labute approximate surface area is 169 Å². The normalized spacial score (nSPS) is 19.6. The van der Waals surface area contributed by atoms with Crippen LogP contribution in [0.25, 0.3) is 0 Å². The van der Waals surface area contributed by atoms with Crippen molar-refractivity contribution in [3.05, 3.63) is 22.8 Å². The van der Waals surface area contributed by atoms with Crippen LogP contribution in [0.5, 0.6) is 0 Å². The molecule has 2 aliphatic rings. The lowest BCUT2D eigenvalue weighted by Crippen LogP contribution is -2.52. The minimum Gasteiger partial charge on any atom is -0.461 e. The Morgan fingerprint density at radius 2 is 2.00 bits per heavy atom. The molecule has 1 aromatic rings. The van der Waals surface area contributed by atoms with Crippen molar-refractivity contribution in [1.29, 1.82) is 0 Å². The van der Waals surface area contributed by atoms with Crippen molar-refractivity contribution in [2.45, 2.75) is 25.6 Å². The number of hydrogen-bond donors (Lipinski definition) is 0. The summed E-state index contributed by atoms with van der Waals surface area (Å²) in [6.45, 7) is 3.12. The first-order chi connectivity index (χ1) is 13.7. The van der Waals surface area contributed by atoms with Crippen LogP contribution >= 0.6 is 11.6 Å². The minimum absolute atomic E-state index is 0.0319. The lowest BCUT2D eigenvalue weighted by Gasteiger charge is -2.36. The molecule has 3 rings (SSSR count). The summed E-state index contributed by atoms with van der Waals surface area (Å²) in [6, 6.07) is 0.835. The van der Waals surface area contributed by atoms with E-state index >= 15 is 0 Å². The van der Waals surface area contributed by atoms with Crippen LogP contribution < -0.4 is 4.90 Å². The fourth-order valence-corrected chi connectivity index (χ4v) is 3.29. The Morgan fingerprint density at radius 1 is 1.31 bits per heavy atom. The molecule has 0 saturated carbocycles. The van der Waals surface area contributed by atoms with Gasteiger partial charge in [0.15, 0.2) is 5.71 Å². The first-order valence-electron chi connectivity index (χ1n) is 8.87. The van der Waals surface area contributed by atoms with Crippen LogP contribution in [0.2, 0.25) is 5.02 Å². The molecule has 1 atom stereocenters. The van der Waals surface area contributed by atoms with Crippen molar-refractivity contribution in [2.75, 3.05) is 37.7 Å². The number of oxime groups is 1. The van der Waals surface area contributed by atoms with Crippen LogP contribution in [0, 0.1) is 0 Å². The molecule has 1 aromatic heterocycles. The number of amides is 1. The summed E-state index contributed by atoms with van der Waals surface area (Å²) in [7, 11) is 0. The number of ether oxygens (including phenoxy) is 1. The highest BCUT2D eigenvalue weighted by molar-refractivity contribution is 6.37. The molecular formula is C17H18ClF3N4O4. The number of hydrogen-bond acceptors (Lipinski definition) is 7. The number of nitrogens with zero attached hydrogens (tertiary/aromatic N) is 4. The van der Waals surface area contributed by atoms with E-state index in [1.165, 1.54) is 0 Å². The lowest BCUT2D eigenvalue weighted by atomic mass is 10.1. The van der Waals surface area contributed by atoms with E-state index in [2.05, 4.69) is 10.1 Å². The predicted molar refractivity (Wildman–Crippen MR) is 96.6 cm³/mol. The lowest BCUT2D eigenvalue weighted by molar-refractivity contribution is -0.142. The maximum Gasteiger partial charge on any atom is 0.417 e. The van der Waals surface area contributed by atoms with Gasteiger partial charge in [0.05, 0.1) is 17.2 Å². The fourth-order valence-electron chi connectivity index (χ4n) is 3.01. The minimum atomic E-state index is -4.52. The third kappa shape index (κ3) is 4.72. The predicted octanol–water partition coefficient (Wildman–Crippen LogP) is 2.11. The molecular weight excluding hydrogens is 417 g/mol. The number of carbonyl (C=O) groups is 2. The van der Waals surface area contributed by atoms with Crippen LogP contribution in [0.15, 0.2) is 17.4 Å². The second kappa shape index (κ2) is 8.44. The van der Waals surface area contributed by atoms with Gasteiger partial charge in [-0.3, -0.25) is 4.79 Å². The highest BCUT2D eigenvalue weighted by atomic mass is 35.5. The van der Waals surface area contributed by atoms with Gasteiger partial charge in [0.2, 0.25) is 6.10 Å². The van der Waals surface area contributed by atoms with E-state index in [0.717, 1.165) is 12.3 Å². The second-order valence-corrected chi connectivity index (χ2v) is 6.80. The molecule has 12 heteroatoms. The van der Waals surface area contributed by atoms with Crippen LogP contribution in [-0.4, -0.2) is 66.4 Å². The highest BCUT2D eigenvalue weighted by Gasteiger charge is 2.37. The van der Waals surface area contributed by atoms with E-state index < -0.39 is 23.8 Å². The average molecular weight is 435 g/mol. The topological polar surface area (TPSA) is 84.3 Å². The fraction of sp³-hybridized carbons (Fsp3) is 0.529. The van der Waals surface area contributed by atoms with Crippen molar-refractivity contribution < 1.29 is 32.3 Å². The molecule has 8 nitrogen and oxygen atoms in total. The number of aromatic nitrogens is 1. The molecule has 1 fully saturated rings. The summed E-state index contributed by atoms with van der Waals surface area (Å²) < 4.78 is 43.1. The number of rotatable bonds is 4. The molecule has 1 saturated heterocycles. The number of pyridine rings is 1. The summed E-state index contributed by atoms with van der Waals surface area (Å²) in [5.74, 6) is -0.702. The molecule has 0 aromatic carbocycles. The molecule has 0 spiro atoms. The number of carbonyl (C=O) groups excluding carboxylic acids is 2. The van der Waals surface area contributed by atoms with Gasteiger partial charge >= 0.3 is 12.1 Å². The van der Waals surface area contributed by atoms with E-state index in [4.69, 9.17) is 21.2 Å². The zero-order valence-corrected chi connectivity index (χ0v) is 16.2. The molecule has 0 N–H and O–H groups in total. The van der Waals surface area contributed by atoms with Crippen LogP contribution in [0.4, 0.5) is 19.0 Å². The summed E-state index contributed by atoms with van der Waals surface area (Å²) in [6.07, 6.45) is -4.65. The van der Waals surface area contributed by atoms with Gasteiger partial charge in [-0.25, -0.2) is 9.78 Å². The zero-order valence-electron chi connectivity index (χ0n) is 15.4. The van der Waals surface area contributed by atoms with Crippen LogP contribution in [0.1, 0.15) is 18.9 Å². The molecule has 0 aliphatic carbocycles. The van der Waals surface area contributed by atoms with E-state index in [0.29, 0.717) is 26.2 Å². The SMILES string of the molecule is CCOC(=O)C1=NO[C@@H](C(=O)N2CCN(c3ncc(C(F)(F)F)cc3Cl)CC2)C1. The number of halogens is 4. The largest absolute Gasteiger partial charge is 0.461 e. The quantitative estimate of drug-likeness (QED) is 0.675. The third-order valence-corrected chi connectivity index (χ3v) is 4.77. The Morgan fingerprint density at radius 3 is 2.59 bits per heavy atom. The van der Waals surface area contributed by atoms with Crippen molar-refractivity contribution in [3.8, 4) is 0 Å². The highest BCUT2D eigenvalue weighted by Crippen LogP contribution is 2.33. The Kier molecular flexibility index (Phi) is 6.15. The number of anilines is 1. The van der Waals surface area contributed by atoms with E-state index in [9.17, 15) is 22.8 Å². The standard InChI is InChI=1S/C17H18ClF3N4O4/c1-2-28-16(27)12-8-13(29-23-12)15(26)25-5-3-24(4-6-25)14-11(18)7-10(9-22-14)17(19,20)21/h7,9,13H,2-6,8H2,1H3/t13-/m1/s1. The molecule has 0 unspecified atom stereocenters. The molecule has 158 valence electrons. The number of esters is 1. The van der Waals surface area contributed by atoms with Gasteiger partial charge in [0.25, 0.3) is 5.91 Å². The Hall–Kier alpha value is -2.56. The maximum atomic E-state index is 12.7. The van der Waals surface area contributed by atoms with Crippen LogP contribution in [-0.2, 0) is 25.3 Å². The average Bonchev–Trinajstić information content (AvgIpc) is 3.17. The first kappa shape index (κ1) is 21.2. The van der Waals surface area contributed by atoms with Crippen LogP contribution in [0.3, 0.4) is 0 Å². The van der Waals surface area contributed by atoms with Gasteiger partial charge in [-0.05, 0) is 13.0 Å². The molecule has 3 heterocycles. The maximum absolute atomic E-state index is 12.7. The smallest absolute Gasteiger partial charge is 0.417 e. The third-order valence-electron chi connectivity index (χ3n) is 4.50. The van der Waals surface area contributed by atoms with Gasteiger partial charge in [-0.1, -0.05) is 16.8 Å². The van der Waals surface area contributed by atoms with Crippen molar-refractivity contribution in [3.63, 3.8) is 0 Å². The van der Waals surface area contributed by atoms with Crippen molar-refractivity contribution >= 4 is 35.0 Å². The molecule has 0 radical (unpaired) electrons. The Balaban J connectivity index is 1.56. The van der Waals surface area contributed by atoms with E-state index in [-0.39, 0.29) is 35.5 Å². The summed E-state index contributed by atoms with van der Waals surface area (Å²) in [4.78, 5) is 36.4. The van der Waals surface area contributed by atoms with Crippen molar-refractivity contribution in [1.82, 2.24) is 9.88 Å². The van der Waals surface area contributed by atoms with Gasteiger partial charge in [-0.15, -0.1) is 0 Å². The zero-order chi connectivity index (χ0) is 21.2. The van der Waals surface area contributed by atoms with Gasteiger partial charge in [-0.2, -0.15) is 13.2 Å². The summed E-state index contributed by atoms with van der Waals surface area (Å²) in [5, 5.41) is 3.51. The second-order valence-electron chi connectivity index (χ2n) is 6.40. The molecule has 29 heavy (non-hydrogen) atoms. The monoisotopic (exact) mass is 434 g/mol. The first-order valence-corrected chi connectivity index (χ1v) is 9.24. The number of piperazine rings is 1.